The molecule has 2 heterocycles. The number of aromatic nitrogens is 2. The Labute approximate surface area is 144 Å². The minimum Gasteiger partial charge on any atom is -0.351 e. The van der Waals surface area contributed by atoms with Crippen LogP contribution in [0.2, 0.25) is 5.02 Å². The molecular weight excluding hydrogens is 334 g/mol. The molecule has 7 heteroatoms. The molecule has 0 bridgehead atoms. The molecule has 0 spiro atoms. The third-order valence-electron chi connectivity index (χ3n) is 3.03. The number of amides is 1. The van der Waals surface area contributed by atoms with E-state index in [9.17, 15) is 9.59 Å². The van der Waals surface area contributed by atoms with Crippen molar-refractivity contribution in [2.45, 2.75) is 44.2 Å². The molecule has 1 atom stereocenters. The van der Waals surface area contributed by atoms with Crippen LogP contribution in [0.5, 0.6) is 0 Å². The number of rotatable bonds is 4. The van der Waals surface area contributed by atoms with Crippen LogP contribution in [0.1, 0.15) is 33.4 Å². The van der Waals surface area contributed by atoms with Crippen LogP contribution in [0.25, 0.3) is 5.65 Å². The van der Waals surface area contributed by atoms with Gasteiger partial charge in [0.15, 0.2) is 0 Å². The maximum atomic E-state index is 12.1. The van der Waals surface area contributed by atoms with Crippen molar-refractivity contribution in [1.29, 1.82) is 0 Å². The smallest absolute Gasteiger partial charge is 0.258 e. The molecule has 0 aliphatic rings. The average molecular weight is 354 g/mol. The molecule has 2 rings (SSSR count). The Kier molecular flexibility index (Phi) is 5.37. The van der Waals surface area contributed by atoms with E-state index in [1.165, 1.54) is 22.2 Å². The highest BCUT2D eigenvalue weighted by Gasteiger charge is 2.19. The second-order valence-corrected chi connectivity index (χ2v) is 8.12. The molecule has 1 N–H and O–H groups in total. The molecule has 23 heavy (non-hydrogen) atoms. The zero-order valence-electron chi connectivity index (χ0n) is 13.6. The van der Waals surface area contributed by atoms with Crippen molar-refractivity contribution in [2.75, 3.05) is 0 Å². The van der Waals surface area contributed by atoms with E-state index in [1.807, 2.05) is 27.7 Å². The van der Waals surface area contributed by atoms with Gasteiger partial charge in [0, 0.05) is 23.6 Å². The molecular formula is C16H20ClN3O2S. The Balaban J connectivity index is 2.09. The Morgan fingerprint density at radius 3 is 2.78 bits per heavy atom. The third-order valence-corrected chi connectivity index (χ3v) is 4.43. The number of halogens is 1. The van der Waals surface area contributed by atoms with Crippen molar-refractivity contribution < 1.29 is 4.79 Å². The summed E-state index contributed by atoms with van der Waals surface area (Å²) in [6.45, 7) is 7.68. The van der Waals surface area contributed by atoms with Gasteiger partial charge in [0.25, 0.3) is 5.56 Å². The topological polar surface area (TPSA) is 63.5 Å². The first kappa shape index (κ1) is 17.8. The van der Waals surface area contributed by atoms with Crippen LogP contribution in [0, 0.1) is 0 Å². The molecule has 0 aromatic carbocycles. The van der Waals surface area contributed by atoms with E-state index < -0.39 is 0 Å². The molecule has 124 valence electrons. The summed E-state index contributed by atoms with van der Waals surface area (Å²) in [5, 5.41) is 3.20. The largest absolute Gasteiger partial charge is 0.351 e. The third kappa shape index (κ3) is 4.97. The summed E-state index contributed by atoms with van der Waals surface area (Å²) >= 11 is 7.33. The van der Waals surface area contributed by atoms with Crippen LogP contribution in [-0.2, 0) is 10.5 Å². The maximum Gasteiger partial charge on any atom is 0.258 e. The standard InChI is InChI=1S/C16H20ClN3O2S/c1-10(15(22)19-16(2,3)4)23-9-12-7-14(21)20-8-11(17)5-6-13(20)18-12/h5-8,10H,9H2,1-4H3,(H,19,22). The molecule has 0 radical (unpaired) electrons. The Morgan fingerprint density at radius 2 is 2.13 bits per heavy atom. The van der Waals surface area contributed by atoms with Gasteiger partial charge < -0.3 is 5.32 Å². The molecule has 0 aliphatic heterocycles. The average Bonchev–Trinajstić information content (AvgIpc) is 2.43. The SMILES string of the molecule is CC(SCc1cc(=O)n2cc(Cl)ccc2n1)C(=O)NC(C)(C)C. The number of nitrogens with one attached hydrogen (secondary N) is 1. The summed E-state index contributed by atoms with van der Waals surface area (Å²) < 4.78 is 1.41. The number of carbonyl (C=O) groups excluding carboxylic acids is 1. The number of hydrogen-bond donors (Lipinski definition) is 1. The molecule has 0 aliphatic carbocycles. The first-order valence-electron chi connectivity index (χ1n) is 7.27. The molecule has 0 saturated heterocycles. The first-order valence-corrected chi connectivity index (χ1v) is 8.70. The number of carbonyl (C=O) groups is 1. The maximum absolute atomic E-state index is 12.1. The molecule has 0 fully saturated rings. The Bertz CT molecular complexity index is 783. The van der Waals surface area contributed by atoms with Crippen LogP contribution in [-0.4, -0.2) is 26.1 Å². The van der Waals surface area contributed by atoms with E-state index in [0.29, 0.717) is 22.1 Å². The van der Waals surface area contributed by atoms with E-state index in [4.69, 9.17) is 11.6 Å². The fourth-order valence-electron chi connectivity index (χ4n) is 1.96. The van der Waals surface area contributed by atoms with Crippen molar-refractivity contribution in [3.8, 4) is 0 Å². The Morgan fingerprint density at radius 1 is 1.43 bits per heavy atom. The number of nitrogens with zero attached hydrogens (tertiary/aromatic N) is 2. The number of fused-ring (bicyclic) bond motifs is 1. The lowest BCUT2D eigenvalue weighted by atomic mass is 10.1. The van der Waals surface area contributed by atoms with Gasteiger partial charge in [-0.2, -0.15) is 0 Å². The summed E-state index contributed by atoms with van der Waals surface area (Å²) in [6.07, 6.45) is 1.54. The van der Waals surface area contributed by atoms with Gasteiger partial charge in [-0.25, -0.2) is 4.98 Å². The lowest BCUT2D eigenvalue weighted by molar-refractivity contribution is -0.121. The molecule has 5 nitrogen and oxygen atoms in total. The van der Waals surface area contributed by atoms with E-state index >= 15 is 0 Å². The zero-order valence-corrected chi connectivity index (χ0v) is 15.2. The normalized spacial score (nSPS) is 13.1. The fourth-order valence-corrected chi connectivity index (χ4v) is 2.90. The highest BCUT2D eigenvalue weighted by Crippen LogP contribution is 2.18. The lowest BCUT2D eigenvalue weighted by Crippen LogP contribution is -2.44. The van der Waals surface area contributed by atoms with Crippen molar-refractivity contribution in [3.63, 3.8) is 0 Å². The van der Waals surface area contributed by atoms with Gasteiger partial charge in [-0.1, -0.05) is 11.6 Å². The van der Waals surface area contributed by atoms with Crippen molar-refractivity contribution >= 4 is 34.9 Å². The first-order chi connectivity index (χ1) is 10.7. The molecule has 0 saturated carbocycles. The van der Waals surface area contributed by atoms with Gasteiger partial charge in [0.1, 0.15) is 5.65 Å². The van der Waals surface area contributed by atoms with Gasteiger partial charge in [-0.3, -0.25) is 14.0 Å². The molecule has 2 aromatic heterocycles. The lowest BCUT2D eigenvalue weighted by Gasteiger charge is -2.23. The summed E-state index contributed by atoms with van der Waals surface area (Å²) in [7, 11) is 0. The summed E-state index contributed by atoms with van der Waals surface area (Å²) in [5.74, 6) is 0.472. The molecule has 1 unspecified atom stereocenters. The van der Waals surface area contributed by atoms with Crippen molar-refractivity contribution in [3.05, 3.63) is 45.5 Å². The minimum absolute atomic E-state index is 0.0215. The highest BCUT2D eigenvalue weighted by atomic mass is 35.5. The fraction of sp³-hybridized carbons (Fsp3) is 0.438. The number of hydrogen-bond acceptors (Lipinski definition) is 4. The van der Waals surface area contributed by atoms with E-state index in [0.717, 1.165) is 0 Å². The van der Waals surface area contributed by atoms with Gasteiger partial charge >= 0.3 is 0 Å². The van der Waals surface area contributed by atoms with Gasteiger partial charge in [0.05, 0.1) is 16.0 Å². The minimum atomic E-state index is -0.259. The van der Waals surface area contributed by atoms with Crippen LogP contribution in [0.15, 0.2) is 29.2 Å². The quantitative estimate of drug-likeness (QED) is 0.918. The molecule has 2 aromatic rings. The van der Waals surface area contributed by atoms with Crippen LogP contribution < -0.4 is 10.9 Å². The van der Waals surface area contributed by atoms with Crippen LogP contribution >= 0.6 is 23.4 Å². The number of thioether (sulfide) groups is 1. The van der Waals surface area contributed by atoms with E-state index in [2.05, 4.69) is 10.3 Å². The van der Waals surface area contributed by atoms with E-state index in [1.54, 1.807) is 18.3 Å². The highest BCUT2D eigenvalue weighted by molar-refractivity contribution is 7.99. The summed E-state index contributed by atoms with van der Waals surface area (Å²) in [6, 6.07) is 4.87. The van der Waals surface area contributed by atoms with Gasteiger partial charge in [-0.05, 0) is 39.8 Å². The summed E-state index contributed by atoms with van der Waals surface area (Å²) in [5.41, 5.74) is 0.757. The second kappa shape index (κ2) is 6.93. The van der Waals surface area contributed by atoms with Crippen molar-refractivity contribution in [1.82, 2.24) is 14.7 Å². The van der Waals surface area contributed by atoms with Crippen LogP contribution in [0.4, 0.5) is 0 Å². The predicted octanol–water partition coefficient (Wildman–Crippen LogP) is 2.88. The second-order valence-electron chi connectivity index (χ2n) is 6.35. The molecule has 1 amide bonds. The number of pyridine rings is 1. The zero-order chi connectivity index (χ0) is 17.2. The summed E-state index contributed by atoms with van der Waals surface area (Å²) in [4.78, 5) is 28.6. The van der Waals surface area contributed by atoms with Gasteiger partial charge in [0.2, 0.25) is 5.91 Å². The monoisotopic (exact) mass is 353 g/mol. The Hall–Kier alpha value is -1.53. The van der Waals surface area contributed by atoms with Crippen molar-refractivity contribution in [2.24, 2.45) is 0 Å². The van der Waals surface area contributed by atoms with E-state index in [-0.39, 0.29) is 22.3 Å². The predicted molar refractivity (Wildman–Crippen MR) is 95.1 cm³/mol. The van der Waals surface area contributed by atoms with Crippen LogP contribution in [0.3, 0.4) is 0 Å². The van der Waals surface area contributed by atoms with Gasteiger partial charge in [-0.15, -0.1) is 11.8 Å².